The maximum Gasteiger partial charge on any atom is 0.141 e. The second-order valence-electron chi connectivity index (χ2n) is 3.35. The molecular formula is C10H10N2OS. The summed E-state index contributed by atoms with van der Waals surface area (Å²) in [6.45, 7) is 0. The Bertz CT molecular complexity index is 398. The van der Waals surface area contributed by atoms with Crippen molar-refractivity contribution in [1.82, 2.24) is 4.98 Å². The van der Waals surface area contributed by atoms with Crippen molar-refractivity contribution in [3.8, 4) is 6.07 Å². The van der Waals surface area contributed by atoms with Gasteiger partial charge in [-0.2, -0.15) is 5.26 Å². The number of nitrogens with zero attached hydrogens (tertiary/aromatic N) is 2. The molecule has 0 fully saturated rings. The van der Waals surface area contributed by atoms with Gasteiger partial charge >= 0.3 is 0 Å². The lowest BCUT2D eigenvalue weighted by atomic mass is 9.90. The van der Waals surface area contributed by atoms with Crippen LogP contribution in [0.25, 0.3) is 0 Å². The molecule has 0 unspecified atom stereocenters. The zero-order chi connectivity index (χ0) is 9.97. The molecule has 1 aliphatic carbocycles. The fraction of sp³-hybridized carbons (Fsp3) is 0.400. The Morgan fingerprint density at radius 3 is 2.93 bits per heavy atom. The number of nitriles is 1. The molecule has 14 heavy (non-hydrogen) atoms. The maximum atomic E-state index is 8.99. The SMILES string of the molecule is N#Cc1c(SO)ncc2c1CCCC2. The van der Waals surface area contributed by atoms with Crippen LogP contribution in [0.3, 0.4) is 0 Å². The predicted molar refractivity (Wildman–Crippen MR) is 54.1 cm³/mol. The second kappa shape index (κ2) is 3.99. The van der Waals surface area contributed by atoms with Crippen molar-refractivity contribution in [2.75, 3.05) is 0 Å². The Morgan fingerprint density at radius 1 is 1.43 bits per heavy atom. The van der Waals surface area contributed by atoms with Gasteiger partial charge in [-0.05, 0) is 36.8 Å². The molecule has 0 saturated heterocycles. The number of hydrogen-bond donors (Lipinski definition) is 1. The van der Waals surface area contributed by atoms with Crippen LogP contribution in [0.1, 0.15) is 29.5 Å². The first-order valence-electron chi connectivity index (χ1n) is 4.59. The molecule has 1 aromatic heterocycles. The number of rotatable bonds is 1. The standard InChI is InChI=1S/C10H10N2OS/c11-5-9-8-4-2-1-3-7(8)6-12-10(9)14-13/h6,13H,1-4H2. The highest BCUT2D eigenvalue weighted by Gasteiger charge is 2.17. The van der Waals surface area contributed by atoms with Crippen molar-refractivity contribution in [2.45, 2.75) is 30.7 Å². The molecule has 0 saturated carbocycles. The van der Waals surface area contributed by atoms with Gasteiger partial charge in [-0.15, -0.1) is 0 Å². The minimum absolute atomic E-state index is 0.438. The molecule has 72 valence electrons. The van der Waals surface area contributed by atoms with E-state index in [2.05, 4.69) is 11.1 Å². The van der Waals surface area contributed by atoms with Gasteiger partial charge in [-0.3, -0.25) is 0 Å². The Hall–Kier alpha value is -1.05. The molecule has 1 heterocycles. The maximum absolute atomic E-state index is 8.99. The van der Waals surface area contributed by atoms with E-state index in [1.54, 1.807) is 6.20 Å². The smallest absolute Gasteiger partial charge is 0.141 e. The largest absolute Gasteiger partial charge is 0.324 e. The van der Waals surface area contributed by atoms with Crippen molar-refractivity contribution in [3.63, 3.8) is 0 Å². The molecule has 1 aromatic rings. The average Bonchev–Trinajstić information content (AvgIpc) is 2.27. The van der Waals surface area contributed by atoms with Crippen LogP contribution < -0.4 is 0 Å². The molecule has 4 heteroatoms. The van der Waals surface area contributed by atoms with Gasteiger partial charge in [0.15, 0.2) is 0 Å². The van der Waals surface area contributed by atoms with E-state index in [1.165, 1.54) is 12.0 Å². The lowest BCUT2D eigenvalue weighted by Crippen LogP contribution is -2.07. The van der Waals surface area contributed by atoms with Gasteiger partial charge in [-0.25, -0.2) is 4.98 Å². The molecule has 0 bridgehead atoms. The Balaban J connectivity index is 2.57. The Kier molecular flexibility index (Phi) is 2.71. The number of aryl methyl sites for hydroxylation is 1. The Labute approximate surface area is 87.0 Å². The monoisotopic (exact) mass is 206 g/mol. The third-order valence-corrected chi connectivity index (χ3v) is 3.04. The van der Waals surface area contributed by atoms with E-state index in [4.69, 9.17) is 9.81 Å². The fourth-order valence-corrected chi connectivity index (χ4v) is 2.23. The van der Waals surface area contributed by atoms with Gasteiger partial charge in [0, 0.05) is 18.2 Å². The number of pyridine rings is 1. The van der Waals surface area contributed by atoms with Crippen molar-refractivity contribution in [2.24, 2.45) is 0 Å². The van der Waals surface area contributed by atoms with E-state index in [1.807, 2.05) is 0 Å². The summed E-state index contributed by atoms with van der Waals surface area (Å²) in [6, 6.07) is 2.13. The van der Waals surface area contributed by atoms with Crippen LogP contribution in [0.4, 0.5) is 0 Å². The van der Waals surface area contributed by atoms with E-state index in [0.717, 1.165) is 24.8 Å². The van der Waals surface area contributed by atoms with Crippen LogP contribution in [0.5, 0.6) is 0 Å². The van der Waals surface area contributed by atoms with Crippen molar-refractivity contribution in [1.29, 1.82) is 5.26 Å². The van der Waals surface area contributed by atoms with E-state index < -0.39 is 0 Å². The molecule has 0 atom stereocenters. The van der Waals surface area contributed by atoms with E-state index in [-0.39, 0.29) is 0 Å². The third kappa shape index (κ3) is 1.49. The zero-order valence-electron chi connectivity index (χ0n) is 7.66. The molecule has 0 aromatic carbocycles. The number of fused-ring (bicyclic) bond motifs is 1. The topological polar surface area (TPSA) is 56.9 Å². The highest BCUT2D eigenvalue weighted by atomic mass is 32.2. The van der Waals surface area contributed by atoms with E-state index in [0.29, 0.717) is 22.6 Å². The van der Waals surface area contributed by atoms with Crippen molar-refractivity contribution in [3.05, 3.63) is 22.9 Å². The van der Waals surface area contributed by atoms with Crippen LogP contribution in [0.15, 0.2) is 11.2 Å². The molecule has 2 rings (SSSR count). The first-order valence-corrected chi connectivity index (χ1v) is 5.36. The summed E-state index contributed by atoms with van der Waals surface area (Å²) < 4.78 is 8.95. The van der Waals surface area contributed by atoms with E-state index in [9.17, 15) is 0 Å². The third-order valence-electron chi connectivity index (χ3n) is 2.56. The second-order valence-corrected chi connectivity index (χ2v) is 3.92. The van der Waals surface area contributed by atoms with Crippen molar-refractivity contribution < 1.29 is 4.55 Å². The van der Waals surface area contributed by atoms with Crippen LogP contribution in [0.2, 0.25) is 0 Å². The summed E-state index contributed by atoms with van der Waals surface area (Å²) in [6.07, 6.45) is 6.03. The average molecular weight is 206 g/mol. The van der Waals surface area contributed by atoms with Crippen molar-refractivity contribution >= 4 is 12.0 Å². The molecule has 0 radical (unpaired) electrons. The van der Waals surface area contributed by atoms with Crippen LogP contribution in [-0.4, -0.2) is 9.54 Å². The minimum atomic E-state index is 0.438. The Morgan fingerprint density at radius 2 is 2.21 bits per heavy atom. The van der Waals surface area contributed by atoms with Crippen LogP contribution in [-0.2, 0) is 12.8 Å². The molecule has 0 amide bonds. The lowest BCUT2D eigenvalue weighted by Gasteiger charge is -2.16. The molecule has 3 nitrogen and oxygen atoms in total. The summed E-state index contributed by atoms with van der Waals surface area (Å²) in [5.74, 6) is 0. The highest BCUT2D eigenvalue weighted by Crippen LogP contribution is 2.28. The van der Waals surface area contributed by atoms with Gasteiger partial charge in [-0.1, -0.05) is 0 Å². The molecule has 1 aliphatic rings. The highest BCUT2D eigenvalue weighted by molar-refractivity contribution is 7.93. The molecule has 1 N–H and O–H groups in total. The predicted octanol–water partition coefficient (Wildman–Crippen LogP) is 2.40. The van der Waals surface area contributed by atoms with Gasteiger partial charge in [0.05, 0.1) is 5.56 Å². The lowest BCUT2D eigenvalue weighted by molar-refractivity contribution is 0.652. The van der Waals surface area contributed by atoms with Gasteiger partial charge in [0.1, 0.15) is 11.1 Å². The summed E-state index contributed by atoms with van der Waals surface area (Å²) in [4.78, 5) is 4.07. The first-order chi connectivity index (χ1) is 6.86. The van der Waals surface area contributed by atoms with Gasteiger partial charge in [0.2, 0.25) is 0 Å². The first kappa shape index (κ1) is 9.50. The molecule has 0 aliphatic heterocycles. The fourth-order valence-electron chi connectivity index (χ4n) is 1.87. The van der Waals surface area contributed by atoms with E-state index >= 15 is 0 Å². The van der Waals surface area contributed by atoms with Crippen LogP contribution in [0, 0.1) is 11.3 Å². The number of hydrogen-bond acceptors (Lipinski definition) is 4. The summed E-state index contributed by atoms with van der Waals surface area (Å²) in [7, 11) is 0. The quantitative estimate of drug-likeness (QED) is 0.717. The molecule has 0 spiro atoms. The van der Waals surface area contributed by atoms with Gasteiger partial charge < -0.3 is 4.55 Å². The van der Waals surface area contributed by atoms with Crippen LogP contribution >= 0.6 is 12.0 Å². The molecular weight excluding hydrogens is 196 g/mol. The summed E-state index contributed by atoms with van der Waals surface area (Å²) >= 11 is 0.559. The number of aromatic nitrogens is 1. The minimum Gasteiger partial charge on any atom is -0.324 e. The summed E-state index contributed by atoms with van der Waals surface area (Å²) in [5, 5.41) is 9.43. The normalized spacial score (nSPS) is 14.6. The van der Waals surface area contributed by atoms with Gasteiger partial charge in [0.25, 0.3) is 0 Å². The summed E-state index contributed by atoms with van der Waals surface area (Å²) in [5.41, 5.74) is 2.82. The zero-order valence-corrected chi connectivity index (χ0v) is 8.47.